The Morgan fingerprint density at radius 3 is 2.17 bits per heavy atom. The lowest BCUT2D eigenvalue weighted by Gasteiger charge is -2.18. The molecule has 8 nitrogen and oxygen atoms in total. The van der Waals surface area contributed by atoms with Gasteiger partial charge in [-0.25, -0.2) is 4.79 Å². The Hall–Kier alpha value is -1.93. The summed E-state index contributed by atoms with van der Waals surface area (Å²) in [6.07, 6.45) is 6.31. The summed E-state index contributed by atoms with van der Waals surface area (Å²) in [6, 6.07) is 0. The minimum Gasteiger partial charge on any atom is -0.432 e. The number of fused-ring (bicyclic) bond motifs is 1. The van der Waals surface area contributed by atoms with Gasteiger partial charge >= 0.3 is 6.16 Å². The topological polar surface area (TPSA) is 125 Å². The first-order chi connectivity index (χ1) is 10.9. The first-order valence-electron chi connectivity index (χ1n) is 7.82. The normalized spacial score (nSPS) is 37.7. The summed E-state index contributed by atoms with van der Waals surface area (Å²) in [7, 11) is 0. The summed E-state index contributed by atoms with van der Waals surface area (Å²) in [4.78, 5) is 39.1. The highest BCUT2D eigenvalue weighted by Crippen LogP contribution is 2.56. The number of ether oxygens (including phenoxy) is 1. The molecule has 2 amide bonds. The van der Waals surface area contributed by atoms with E-state index in [0.717, 1.165) is 25.7 Å². The first-order valence-corrected chi connectivity index (χ1v) is 7.82. The van der Waals surface area contributed by atoms with Crippen LogP contribution in [0.25, 0.3) is 0 Å². The van der Waals surface area contributed by atoms with Gasteiger partial charge in [-0.2, -0.15) is 0 Å². The standard InChI is InChI=1S/C15H21N3O5/c16-14-7-3-1-2-4-8-15(14,17)10(14)9-22-13(21)23-18-11(19)5-6-12(18)20/h1-2,10H,3-9,16-17H2/b2-1-. The van der Waals surface area contributed by atoms with Gasteiger partial charge in [-0.05, 0) is 25.7 Å². The summed E-state index contributed by atoms with van der Waals surface area (Å²) < 4.78 is 5.04. The Kier molecular flexibility index (Phi) is 3.89. The number of hydroxylamine groups is 2. The quantitative estimate of drug-likeness (QED) is 0.436. The van der Waals surface area contributed by atoms with Crippen LogP contribution in [0.3, 0.4) is 0 Å². The van der Waals surface area contributed by atoms with Crippen molar-refractivity contribution in [2.24, 2.45) is 17.4 Å². The number of carbonyl (C=O) groups is 3. The highest BCUT2D eigenvalue weighted by Gasteiger charge is 2.71. The average molecular weight is 323 g/mol. The molecule has 3 aliphatic rings. The number of hydrogen-bond acceptors (Lipinski definition) is 7. The average Bonchev–Trinajstić information content (AvgIpc) is 2.74. The molecule has 0 radical (unpaired) electrons. The molecule has 1 aliphatic heterocycles. The number of nitrogens with zero attached hydrogens (tertiary/aromatic N) is 1. The predicted octanol–water partition coefficient (Wildman–Crippen LogP) is 0.359. The SMILES string of the molecule is NC12CC/C=C\CCC1(N)C2COC(=O)ON1C(=O)CCC1=O. The molecule has 2 fully saturated rings. The monoisotopic (exact) mass is 323 g/mol. The molecule has 3 rings (SSSR count). The third kappa shape index (κ3) is 2.61. The molecule has 1 saturated carbocycles. The van der Waals surface area contributed by atoms with E-state index < -0.39 is 29.0 Å². The molecular weight excluding hydrogens is 302 g/mol. The third-order valence-corrected chi connectivity index (χ3v) is 5.18. The Morgan fingerprint density at radius 2 is 1.65 bits per heavy atom. The molecule has 126 valence electrons. The summed E-state index contributed by atoms with van der Waals surface area (Å²) in [5.41, 5.74) is 11.7. The summed E-state index contributed by atoms with van der Waals surface area (Å²) >= 11 is 0. The molecule has 0 aromatic rings. The van der Waals surface area contributed by atoms with E-state index in [1.54, 1.807) is 0 Å². The van der Waals surface area contributed by atoms with Gasteiger partial charge in [-0.3, -0.25) is 14.4 Å². The largest absolute Gasteiger partial charge is 0.533 e. The molecule has 2 aliphatic carbocycles. The van der Waals surface area contributed by atoms with Crippen molar-refractivity contribution in [2.45, 2.75) is 49.6 Å². The molecule has 8 heteroatoms. The molecule has 23 heavy (non-hydrogen) atoms. The van der Waals surface area contributed by atoms with Crippen molar-refractivity contribution in [1.29, 1.82) is 0 Å². The molecule has 2 unspecified atom stereocenters. The molecular formula is C15H21N3O5. The van der Waals surface area contributed by atoms with E-state index in [9.17, 15) is 14.4 Å². The van der Waals surface area contributed by atoms with Crippen molar-refractivity contribution in [1.82, 2.24) is 5.06 Å². The van der Waals surface area contributed by atoms with Crippen molar-refractivity contribution in [3.63, 3.8) is 0 Å². The lowest BCUT2D eigenvalue weighted by Crippen LogP contribution is -2.41. The van der Waals surface area contributed by atoms with E-state index in [2.05, 4.69) is 17.0 Å². The van der Waals surface area contributed by atoms with Crippen LogP contribution in [0.15, 0.2) is 12.2 Å². The third-order valence-electron chi connectivity index (χ3n) is 5.18. The van der Waals surface area contributed by atoms with E-state index in [4.69, 9.17) is 16.2 Å². The summed E-state index contributed by atoms with van der Waals surface area (Å²) in [6.45, 7) is 0.0159. The van der Waals surface area contributed by atoms with Gasteiger partial charge in [-0.1, -0.05) is 17.2 Å². The number of hydrogen-bond donors (Lipinski definition) is 2. The van der Waals surface area contributed by atoms with Crippen molar-refractivity contribution >= 4 is 18.0 Å². The van der Waals surface area contributed by atoms with Crippen LogP contribution in [0.4, 0.5) is 4.79 Å². The lowest BCUT2D eigenvalue weighted by atomic mass is 9.97. The van der Waals surface area contributed by atoms with E-state index in [1.807, 2.05) is 0 Å². The van der Waals surface area contributed by atoms with Gasteiger partial charge < -0.3 is 16.2 Å². The van der Waals surface area contributed by atoms with Crippen molar-refractivity contribution in [2.75, 3.05) is 6.61 Å². The van der Waals surface area contributed by atoms with Crippen LogP contribution >= 0.6 is 0 Å². The maximum atomic E-state index is 11.7. The van der Waals surface area contributed by atoms with Crippen LogP contribution in [0.2, 0.25) is 0 Å². The zero-order chi connectivity index (χ0) is 16.7. The van der Waals surface area contributed by atoms with Gasteiger partial charge in [0.15, 0.2) is 0 Å². The number of nitrogens with two attached hydrogens (primary N) is 2. The number of imide groups is 1. The van der Waals surface area contributed by atoms with Gasteiger partial charge in [0.25, 0.3) is 11.8 Å². The highest BCUT2D eigenvalue weighted by molar-refractivity contribution is 6.01. The molecule has 0 aromatic heterocycles. The van der Waals surface area contributed by atoms with E-state index in [1.165, 1.54) is 0 Å². The number of rotatable bonds is 3. The summed E-state index contributed by atoms with van der Waals surface area (Å²) in [5, 5.41) is 0.457. The summed E-state index contributed by atoms with van der Waals surface area (Å²) in [5.74, 6) is -1.25. The second-order valence-electron chi connectivity index (χ2n) is 6.42. The Labute approximate surface area is 133 Å². The van der Waals surface area contributed by atoms with Crippen LogP contribution in [0.5, 0.6) is 0 Å². The Morgan fingerprint density at radius 1 is 1.13 bits per heavy atom. The smallest absolute Gasteiger partial charge is 0.432 e. The molecule has 1 saturated heterocycles. The zero-order valence-corrected chi connectivity index (χ0v) is 12.8. The minimum atomic E-state index is -1.09. The number of amides is 2. The van der Waals surface area contributed by atoms with Crippen LogP contribution in [0, 0.1) is 5.92 Å². The number of allylic oxidation sites excluding steroid dienone is 2. The highest BCUT2D eigenvalue weighted by atomic mass is 16.8. The van der Waals surface area contributed by atoms with Gasteiger partial charge in [0.2, 0.25) is 0 Å². The van der Waals surface area contributed by atoms with E-state index >= 15 is 0 Å². The predicted molar refractivity (Wildman–Crippen MR) is 78.5 cm³/mol. The minimum absolute atomic E-state index is 0.0159. The molecule has 0 bridgehead atoms. The Balaban J connectivity index is 1.54. The van der Waals surface area contributed by atoms with Crippen LogP contribution in [-0.2, 0) is 19.2 Å². The molecule has 0 aromatic carbocycles. The number of carbonyl (C=O) groups excluding carboxylic acids is 3. The fourth-order valence-electron chi connectivity index (χ4n) is 3.65. The fourth-order valence-corrected chi connectivity index (χ4v) is 3.65. The fraction of sp³-hybridized carbons (Fsp3) is 0.667. The molecule has 1 heterocycles. The van der Waals surface area contributed by atoms with Gasteiger partial charge in [-0.15, -0.1) is 0 Å². The van der Waals surface area contributed by atoms with Crippen LogP contribution in [-0.4, -0.2) is 40.7 Å². The zero-order valence-electron chi connectivity index (χ0n) is 12.8. The van der Waals surface area contributed by atoms with E-state index in [0.29, 0.717) is 5.06 Å². The molecule has 4 N–H and O–H groups in total. The Bertz CT molecular complexity index is 539. The second kappa shape index (κ2) is 5.61. The van der Waals surface area contributed by atoms with Crippen molar-refractivity contribution in [3.8, 4) is 0 Å². The molecule has 2 atom stereocenters. The van der Waals surface area contributed by atoms with Gasteiger partial charge in [0.1, 0.15) is 6.61 Å². The van der Waals surface area contributed by atoms with E-state index in [-0.39, 0.29) is 25.4 Å². The maximum absolute atomic E-state index is 11.7. The van der Waals surface area contributed by atoms with Crippen molar-refractivity contribution in [3.05, 3.63) is 12.2 Å². The lowest BCUT2D eigenvalue weighted by molar-refractivity contribution is -0.177. The van der Waals surface area contributed by atoms with Crippen LogP contribution in [0.1, 0.15) is 38.5 Å². The second-order valence-corrected chi connectivity index (χ2v) is 6.42. The van der Waals surface area contributed by atoms with Crippen LogP contribution < -0.4 is 11.5 Å². The maximum Gasteiger partial charge on any atom is 0.533 e. The molecule has 0 spiro atoms. The van der Waals surface area contributed by atoms with Gasteiger partial charge in [0.05, 0.1) is 0 Å². The van der Waals surface area contributed by atoms with Crippen molar-refractivity contribution < 1.29 is 24.0 Å². The first kappa shape index (κ1) is 15.9. The van der Waals surface area contributed by atoms with Gasteiger partial charge in [0, 0.05) is 29.8 Å².